The molecule has 1 atom stereocenters. The molecule has 0 spiro atoms. The van der Waals surface area contributed by atoms with E-state index in [-0.39, 0.29) is 0 Å². The van der Waals surface area contributed by atoms with Crippen molar-refractivity contribution in [1.29, 1.82) is 0 Å². The monoisotopic (exact) mass is 211 g/mol. The molecule has 0 aliphatic carbocycles. The van der Waals surface area contributed by atoms with Gasteiger partial charge in [0.2, 0.25) is 0 Å². The van der Waals surface area contributed by atoms with Gasteiger partial charge in [0, 0.05) is 10.1 Å². The molecule has 0 fully saturated rings. The van der Waals surface area contributed by atoms with Gasteiger partial charge < -0.3 is 0 Å². The molecule has 1 aromatic rings. The molecule has 0 radical (unpaired) electrons. The summed E-state index contributed by atoms with van der Waals surface area (Å²) in [6.45, 7) is 5.30. The summed E-state index contributed by atoms with van der Waals surface area (Å²) >= 11 is 0. The molecule has 14 heavy (non-hydrogen) atoms. The Bertz CT molecular complexity index is 336. The van der Waals surface area contributed by atoms with Crippen LogP contribution in [0.4, 0.5) is 0 Å². The zero-order valence-corrected chi connectivity index (χ0v) is 8.87. The Hall–Kier alpha value is -1.34. The summed E-state index contributed by atoms with van der Waals surface area (Å²) in [6.07, 6.45) is 1.93. The summed E-state index contributed by atoms with van der Waals surface area (Å²) in [7, 11) is -2.15. The van der Waals surface area contributed by atoms with Crippen LogP contribution in [0.2, 0.25) is 0 Å². The lowest BCUT2D eigenvalue weighted by atomic mass is 10.1. The average Bonchev–Trinajstić information content (AvgIpc) is 2.19. The highest BCUT2D eigenvalue weighted by Gasteiger charge is 2.22. The van der Waals surface area contributed by atoms with Gasteiger partial charge >= 0.3 is 8.25 Å². The molecule has 1 rings (SSSR count). The van der Waals surface area contributed by atoms with Crippen molar-refractivity contribution in [1.82, 2.24) is 0 Å². The van der Waals surface area contributed by atoms with E-state index in [1.54, 1.807) is 6.07 Å². The molecule has 1 aromatic carbocycles. The number of rotatable bonds is 5. The van der Waals surface area contributed by atoms with E-state index < -0.39 is 8.25 Å². The predicted molar refractivity (Wildman–Crippen MR) is 55.3 cm³/mol. The van der Waals surface area contributed by atoms with E-state index in [0.717, 1.165) is 18.2 Å². The van der Waals surface area contributed by atoms with Gasteiger partial charge in [0.15, 0.2) is 5.75 Å². The van der Waals surface area contributed by atoms with Gasteiger partial charge in [0.1, 0.15) is 6.26 Å². The molecule has 4 heteroatoms. The van der Waals surface area contributed by atoms with Crippen LogP contribution in [0.3, 0.4) is 0 Å². The fraction of sp³-hybridized carbons (Fsp3) is 0.200. The van der Waals surface area contributed by atoms with Gasteiger partial charge in [-0.2, -0.15) is 0 Å². The van der Waals surface area contributed by atoms with E-state index in [4.69, 9.17) is 4.52 Å². The average molecular weight is 211 g/mol. The van der Waals surface area contributed by atoms with E-state index in [9.17, 15) is 4.57 Å². The van der Waals surface area contributed by atoms with E-state index in [2.05, 4.69) is 11.1 Å². The Labute approximate surface area is 84.3 Å². The Kier molecular flexibility index (Phi) is 4.14. The van der Waals surface area contributed by atoms with Crippen molar-refractivity contribution in [3.63, 3.8) is 0 Å². The highest BCUT2D eigenvalue weighted by molar-refractivity contribution is 7.33. The van der Waals surface area contributed by atoms with Crippen LogP contribution in [-0.4, -0.2) is 0 Å². The molecule has 0 heterocycles. The van der Waals surface area contributed by atoms with Crippen molar-refractivity contribution < 1.29 is 13.6 Å². The maximum atomic E-state index is 11.1. The van der Waals surface area contributed by atoms with Crippen LogP contribution >= 0.6 is 8.25 Å². The second-order valence-electron chi connectivity index (χ2n) is 2.55. The van der Waals surface area contributed by atoms with Gasteiger partial charge in [-0.25, -0.2) is 9.05 Å². The summed E-state index contributed by atoms with van der Waals surface area (Å²) in [5, 5.41) is 0. The van der Waals surface area contributed by atoms with Crippen LogP contribution in [0.25, 0.3) is 0 Å². The molecular formula is C10H12O3P+. The van der Waals surface area contributed by atoms with E-state index in [1.165, 1.54) is 0 Å². The van der Waals surface area contributed by atoms with Crippen molar-refractivity contribution in [3.05, 3.63) is 42.7 Å². The molecule has 74 valence electrons. The molecule has 0 N–H and O–H groups in total. The molecule has 0 bridgehead atoms. The second kappa shape index (κ2) is 5.40. The molecule has 0 saturated heterocycles. The maximum absolute atomic E-state index is 11.1. The lowest BCUT2D eigenvalue weighted by Gasteiger charge is -1.98. The topological polar surface area (TPSA) is 35.5 Å². The number of aryl methyl sites for hydroxylation is 1. The van der Waals surface area contributed by atoms with Crippen LogP contribution < -0.4 is 4.52 Å². The van der Waals surface area contributed by atoms with Gasteiger partial charge in [0.25, 0.3) is 0 Å². The zero-order chi connectivity index (χ0) is 10.4. The summed E-state index contributed by atoms with van der Waals surface area (Å²) < 4.78 is 20.8. The third kappa shape index (κ3) is 2.86. The van der Waals surface area contributed by atoms with E-state index in [1.807, 2.05) is 25.1 Å². The van der Waals surface area contributed by atoms with Gasteiger partial charge in [0.05, 0.1) is 0 Å². The highest BCUT2D eigenvalue weighted by Crippen LogP contribution is 2.30. The Morgan fingerprint density at radius 2 is 2.21 bits per heavy atom. The Morgan fingerprint density at radius 3 is 2.86 bits per heavy atom. The Balaban J connectivity index is 2.74. The SMILES string of the molecule is C=CO[P+](=O)Oc1ccccc1CC. The fourth-order valence-corrected chi connectivity index (χ4v) is 1.55. The third-order valence-corrected chi connectivity index (χ3v) is 2.35. The largest absolute Gasteiger partial charge is 0.804 e. The highest BCUT2D eigenvalue weighted by atomic mass is 31.1. The van der Waals surface area contributed by atoms with Crippen molar-refractivity contribution in [3.8, 4) is 5.75 Å². The predicted octanol–water partition coefficient (Wildman–Crippen LogP) is 3.45. The first kappa shape index (κ1) is 10.7. The Morgan fingerprint density at radius 1 is 1.50 bits per heavy atom. The summed E-state index contributed by atoms with van der Waals surface area (Å²) in [5.74, 6) is 0.595. The molecule has 0 aliphatic rings. The minimum Gasteiger partial charge on any atom is -0.231 e. The lowest BCUT2D eigenvalue weighted by Crippen LogP contribution is -1.88. The normalized spacial score (nSPS) is 10.5. The lowest BCUT2D eigenvalue weighted by molar-refractivity contribution is 0.383. The van der Waals surface area contributed by atoms with Gasteiger partial charge in [-0.15, -0.1) is 0 Å². The molecule has 3 nitrogen and oxygen atoms in total. The number of para-hydroxylation sites is 1. The molecule has 0 saturated carbocycles. The van der Waals surface area contributed by atoms with Crippen molar-refractivity contribution in [2.75, 3.05) is 0 Å². The van der Waals surface area contributed by atoms with Crippen LogP contribution in [0.1, 0.15) is 12.5 Å². The first-order chi connectivity index (χ1) is 6.77. The van der Waals surface area contributed by atoms with Crippen molar-refractivity contribution in [2.24, 2.45) is 0 Å². The number of hydrogen-bond acceptors (Lipinski definition) is 3. The second-order valence-corrected chi connectivity index (χ2v) is 3.39. The fourth-order valence-electron chi connectivity index (χ4n) is 1.05. The zero-order valence-electron chi connectivity index (χ0n) is 7.97. The summed E-state index contributed by atoms with van der Waals surface area (Å²) in [4.78, 5) is 0. The number of benzene rings is 1. The van der Waals surface area contributed by atoms with E-state index >= 15 is 0 Å². The van der Waals surface area contributed by atoms with Crippen LogP contribution in [0.5, 0.6) is 5.75 Å². The van der Waals surface area contributed by atoms with Crippen LogP contribution in [0, 0.1) is 0 Å². The summed E-state index contributed by atoms with van der Waals surface area (Å²) in [5.41, 5.74) is 1.00. The van der Waals surface area contributed by atoms with Gasteiger partial charge in [-0.1, -0.05) is 31.7 Å². The molecule has 0 aliphatic heterocycles. The van der Waals surface area contributed by atoms with Gasteiger partial charge in [-0.3, -0.25) is 0 Å². The molecular weight excluding hydrogens is 199 g/mol. The van der Waals surface area contributed by atoms with Crippen molar-refractivity contribution in [2.45, 2.75) is 13.3 Å². The van der Waals surface area contributed by atoms with Crippen molar-refractivity contribution >= 4 is 8.25 Å². The summed E-state index contributed by atoms with van der Waals surface area (Å²) in [6, 6.07) is 7.42. The number of hydrogen-bond donors (Lipinski definition) is 0. The first-order valence-electron chi connectivity index (χ1n) is 4.28. The van der Waals surface area contributed by atoms with Gasteiger partial charge in [-0.05, 0) is 12.5 Å². The smallest absolute Gasteiger partial charge is 0.231 e. The van der Waals surface area contributed by atoms with Crippen LogP contribution in [-0.2, 0) is 15.5 Å². The van der Waals surface area contributed by atoms with Crippen LogP contribution in [0.15, 0.2) is 37.1 Å². The first-order valence-corrected chi connectivity index (χ1v) is 5.38. The molecule has 0 amide bonds. The minimum absolute atomic E-state index is 0.595. The van der Waals surface area contributed by atoms with E-state index in [0.29, 0.717) is 5.75 Å². The third-order valence-electron chi connectivity index (χ3n) is 1.69. The molecule has 1 unspecified atom stereocenters. The standard InChI is InChI=1S/C10H12O3P/c1-3-9-7-5-6-8-10(9)13-14(11)12-4-2/h4-8H,2-3H2,1H3/q+1. The quantitative estimate of drug-likeness (QED) is 0.552. The molecule has 0 aromatic heterocycles. The minimum atomic E-state index is -2.15. The maximum Gasteiger partial charge on any atom is 0.804 e.